The van der Waals surface area contributed by atoms with Crippen molar-refractivity contribution in [2.24, 2.45) is 9.98 Å². The zero-order valence-corrected chi connectivity index (χ0v) is 47.4. The van der Waals surface area contributed by atoms with E-state index in [0.29, 0.717) is 34.4 Å². The smallest absolute Gasteiger partial charge is 0.334 e. The van der Waals surface area contributed by atoms with Gasteiger partial charge in [0.05, 0.1) is 21.2 Å². The topological polar surface area (TPSA) is 242 Å². The summed E-state index contributed by atoms with van der Waals surface area (Å²) >= 11 is 1.69. The molecule has 0 saturated carbocycles. The highest BCUT2D eigenvalue weighted by atomic mass is 32.1. The molecule has 8 aromatic rings. The molecule has 432 valence electrons. The number of Topliss-reactive ketones (excluding diaryl/α,β-unsaturated/α-hetero) is 1. The number of rotatable bonds is 14. The molecule has 0 aliphatic heterocycles. The van der Waals surface area contributed by atoms with E-state index >= 15 is 28.0 Å². The van der Waals surface area contributed by atoms with E-state index in [1.165, 1.54) is 12.1 Å². The van der Waals surface area contributed by atoms with Crippen molar-refractivity contribution in [1.82, 2.24) is 0 Å². The van der Waals surface area contributed by atoms with E-state index in [1.54, 1.807) is 146 Å². The first-order valence-electron chi connectivity index (χ1n) is 26.8. The van der Waals surface area contributed by atoms with E-state index in [-0.39, 0.29) is 59.6 Å². The zero-order chi connectivity index (χ0) is 62.3. The monoisotopic (exact) mass is 1220 g/mol. The first kappa shape index (κ1) is 57.9. The number of ketones is 1. The predicted molar refractivity (Wildman–Crippen MR) is 315 cm³/mol. The third kappa shape index (κ3) is 9.77. The lowest BCUT2D eigenvalue weighted by atomic mass is 9.70. The SMILES string of the molecule is N#CC(C#N)=C1C(=Nc2cc3c(s2)-c2sc4c(c2C3(C(=O)OCc2ccccc2)C(=O)OCc2ccccc2)C(C(=O)OCc2ccccc2)(C(=O)OCc2ccccc2)C(N=C2C(=O)c3cc(F)c(F)cc3C2=C(C#N)C#N)=C4)Cc2cc(F)c(F)cc21. The Hall–Kier alpha value is -11.5. The minimum Gasteiger partial charge on any atom is -0.459 e. The van der Waals surface area contributed by atoms with Gasteiger partial charge in [-0.25, -0.2) is 27.5 Å². The fourth-order valence-electron chi connectivity index (χ4n) is 11.2. The third-order valence-electron chi connectivity index (χ3n) is 15.3. The number of allylic oxidation sites excluding steroid dienone is 4. The molecule has 15 nitrogen and oxygen atoms in total. The van der Waals surface area contributed by atoms with Crippen LogP contribution in [0.15, 0.2) is 178 Å². The molecule has 0 atom stereocenters. The van der Waals surface area contributed by atoms with Crippen LogP contribution in [0.25, 0.3) is 27.0 Å². The van der Waals surface area contributed by atoms with Crippen LogP contribution in [0.1, 0.15) is 70.9 Å². The van der Waals surface area contributed by atoms with E-state index in [0.717, 1.165) is 34.8 Å². The van der Waals surface area contributed by atoms with Crippen molar-refractivity contribution in [2.75, 3.05) is 0 Å². The molecular weight excluding hydrogens is 1180 g/mol. The van der Waals surface area contributed by atoms with Crippen molar-refractivity contribution in [1.29, 1.82) is 21.0 Å². The maximum absolute atomic E-state index is 16.2. The van der Waals surface area contributed by atoms with E-state index in [1.807, 2.05) is 0 Å². The number of halogens is 4. The van der Waals surface area contributed by atoms with Crippen LogP contribution in [-0.2, 0) is 81.8 Å². The number of nitrogens with zero attached hydrogens (tertiary/aromatic N) is 6. The van der Waals surface area contributed by atoms with Crippen LogP contribution in [0.3, 0.4) is 0 Å². The van der Waals surface area contributed by atoms with Crippen LogP contribution in [-0.4, -0.2) is 41.1 Å². The summed E-state index contributed by atoms with van der Waals surface area (Å²) in [7, 11) is 0. The minimum atomic E-state index is -3.14. The number of benzene rings is 6. The zero-order valence-electron chi connectivity index (χ0n) is 45.7. The Labute approximate surface area is 510 Å². The fourth-order valence-corrected chi connectivity index (χ4v) is 13.8. The normalized spacial score (nSPS) is 15.1. The molecule has 0 spiro atoms. The van der Waals surface area contributed by atoms with E-state index in [4.69, 9.17) is 28.9 Å². The second-order valence-electron chi connectivity index (χ2n) is 20.4. The van der Waals surface area contributed by atoms with Crippen molar-refractivity contribution in [3.8, 4) is 34.0 Å². The number of ether oxygens (including phenoxy) is 4. The number of hydrogen-bond donors (Lipinski definition) is 0. The average Bonchev–Trinajstić information content (AvgIpc) is 1.51. The summed E-state index contributed by atoms with van der Waals surface area (Å²) in [6.45, 7) is -2.04. The van der Waals surface area contributed by atoms with Crippen molar-refractivity contribution >= 4 is 86.0 Å². The van der Waals surface area contributed by atoms with Crippen LogP contribution < -0.4 is 0 Å². The molecule has 4 aliphatic carbocycles. The van der Waals surface area contributed by atoms with Gasteiger partial charge in [-0.3, -0.25) is 24.0 Å². The van der Waals surface area contributed by atoms with Gasteiger partial charge in [0.2, 0.25) is 16.6 Å². The van der Waals surface area contributed by atoms with Gasteiger partial charge in [0.25, 0.3) is 0 Å². The van der Waals surface area contributed by atoms with Crippen molar-refractivity contribution < 1.29 is 60.5 Å². The Morgan fingerprint density at radius 1 is 0.494 bits per heavy atom. The highest BCUT2D eigenvalue weighted by Gasteiger charge is 2.68. The number of carbonyl (C=O) groups excluding carboxylic acids is 5. The van der Waals surface area contributed by atoms with E-state index in [2.05, 4.69) is 0 Å². The van der Waals surface area contributed by atoms with Gasteiger partial charge in [-0.05, 0) is 69.8 Å². The van der Waals surface area contributed by atoms with Crippen molar-refractivity contribution in [3.05, 3.63) is 258 Å². The van der Waals surface area contributed by atoms with Crippen molar-refractivity contribution in [2.45, 2.75) is 43.7 Å². The highest BCUT2D eigenvalue weighted by Crippen LogP contribution is 2.65. The molecule has 4 aliphatic rings. The molecule has 12 rings (SSSR count). The minimum absolute atomic E-state index is 0.00677. The second-order valence-corrected chi connectivity index (χ2v) is 22.4. The summed E-state index contributed by atoms with van der Waals surface area (Å²) < 4.78 is 84.9. The predicted octanol–water partition coefficient (Wildman–Crippen LogP) is 12.5. The number of fused-ring (bicyclic) bond motifs is 7. The summed E-state index contributed by atoms with van der Waals surface area (Å²) in [5.41, 5.74) is -9.58. The lowest BCUT2D eigenvalue weighted by Gasteiger charge is -2.32. The van der Waals surface area contributed by atoms with Gasteiger partial charge in [0.1, 0.15) is 72.6 Å². The fraction of sp³-hybridized carbons (Fsp3) is 0.103. The van der Waals surface area contributed by atoms with Crippen molar-refractivity contribution in [3.63, 3.8) is 0 Å². The highest BCUT2D eigenvalue weighted by molar-refractivity contribution is 7.25. The molecule has 21 heteroatoms. The quantitative estimate of drug-likeness (QED) is 0.0324. The van der Waals surface area contributed by atoms with E-state index in [9.17, 15) is 34.6 Å². The molecule has 6 aromatic carbocycles. The Morgan fingerprint density at radius 3 is 1.39 bits per heavy atom. The molecule has 0 bridgehead atoms. The molecule has 2 heterocycles. The Kier molecular flexibility index (Phi) is 15.2. The molecular formula is C68H36F4N6O9S2. The summed E-state index contributed by atoms with van der Waals surface area (Å²) in [5, 5.41) is 41.1. The molecule has 0 amide bonds. The molecule has 0 saturated heterocycles. The molecule has 0 fully saturated rings. The second kappa shape index (κ2) is 23.4. The first-order chi connectivity index (χ1) is 43.1. The van der Waals surface area contributed by atoms with Crippen LogP contribution in [0, 0.1) is 68.6 Å². The van der Waals surface area contributed by atoms with Crippen LogP contribution in [0.4, 0.5) is 22.6 Å². The number of thiophene rings is 2. The number of carbonyl (C=O) groups is 5. The third-order valence-corrected chi connectivity index (χ3v) is 17.6. The number of nitriles is 4. The molecule has 89 heavy (non-hydrogen) atoms. The average molecular weight is 1220 g/mol. The Balaban J connectivity index is 1.16. The Bertz CT molecular complexity index is 4600. The molecule has 0 radical (unpaired) electrons. The van der Waals surface area contributed by atoms with Gasteiger partial charge in [-0.2, -0.15) is 21.0 Å². The lowest BCUT2D eigenvalue weighted by Crippen LogP contribution is -2.51. The van der Waals surface area contributed by atoms with Gasteiger partial charge in [0.15, 0.2) is 23.3 Å². The van der Waals surface area contributed by atoms with Gasteiger partial charge >= 0.3 is 23.9 Å². The summed E-state index contributed by atoms with van der Waals surface area (Å²) in [6.07, 6.45) is 0.971. The van der Waals surface area contributed by atoms with Gasteiger partial charge in [-0.15, -0.1) is 22.7 Å². The number of esters is 4. The van der Waals surface area contributed by atoms with Crippen LogP contribution >= 0.6 is 22.7 Å². The molecule has 2 aromatic heterocycles. The lowest BCUT2D eigenvalue weighted by molar-refractivity contribution is -0.167. The van der Waals surface area contributed by atoms with Crippen LogP contribution in [0.2, 0.25) is 0 Å². The standard InChI is InChI=1S/C68H36F4N6O9S2/c69-47-21-40-22-51(55(41(28-73)29-74)43(40)23-48(47)70)77-54-26-46-61(89-54)62-58(67(46,63(80)84-32-36-13-5-1-6-14-36)64(81)85-33-37-15-7-2-8-16-37)57-52(88-62)27-53(78-59-56(42(30-75)31-76)44-24-49(71)50(72)25-45(44)60(59)79)68(57,65(82)86-34-38-17-9-3-10-18-38)66(83)87-35-39-19-11-4-12-20-39/h1-21,23-27H,22,32-35H2. The maximum Gasteiger partial charge on any atom is 0.334 e. The molecule has 0 unspecified atom stereocenters. The molecule has 0 N–H and O–H groups in total. The number of hydrogen-bond acceptors (Lipinski definition) is 17. The Morgan fingerprint density at radius 2 is 0.921 bits per heavy atom. The van der Waals surface area contributed by atoms with Gasteiger partial charge in [-0.1, -0.05) is 121 Å². The number of aliphatic imine (C=N–C) groups is 2. The largest absolute Gasteiger partial charge is 0.459 e. The van der Waals surface area contributed by atoms with Gasteiger partial charge in [0, 0.05) is 50.3 Å². The summed E-state index contributed by atoms with van der Waals surface area (Å²) in [5.74, 6) is -12.1. The van der Waals surface area contributed by atoms with Crippen LogP contribution in [0.5, 0.6) is 0 Å². The summed E-state index contributed by atoms with van der Waals surface area (Å²) in [4.78, 5) is 89.1. The van der Waals surface area contributed by atoms with Gasteiger partial charge < -0.3 is 18.9 Å². The maximum atomic E-state index is 16.2. The first-order valence-corrected chi connectivity index (χ1v) is 28.5. The summed E-state index contributed by atoms with van der Waals surface area (Å²) in [6, 6.07) is 44.3. The van der Waals surface area contributed by atoms with E-state index < -0.39 is 135 Å².